The lowest BCUT2D eigenvalue weighted by Crippen LogP contribution is -2.57. The van der Waals surface area contributed by atoms with Crippen molar-refractivity contribution in [2.75, 3.05) is 31.1 Å². The van der Waals surface area contributed by atoms with Crippen LogP contribution in [0.25, 0.3) is 11.0 Å². The fourth-order valence-electron chi connectivity index (χ4n) is 3.37. The Morgan fingerprint density at radius 1 is 1.42 bits per heavy atom. The molecule has 0 radical (unpaired) electrons. The second kappa shape index (κ2) is 5.71. The third-order valence-electron chi connectivity index (χ3n) is 4.78. The van der Waals surface area contributed by atoms with Gasteiger partial charge in [-0.2, -0.15) is 0 Å². The molecule has 124 valence electrons. The number of H-pyrrole nitrogens is 1. The molecule has 2 aromatic rings. The van der Waals surface area contributed by atoms with Crippen molar-refractivity contribution in [2.45, 2.75) is 25.3 Å². The highest BCUT2D eigenvalue weighted by molar-refractivity contribution is 5.87. The number of hydrogen-bond acceptors (Lipinski definition) is 5. The number of fused-ring (bicyclic) bond motifs is 1. The standard InChI is InChI=1S/C17H19N5O2/c1-2-3-10-24-16(23)22-9-8-21(11-17(22)5-6-17)15-13-4-7-18-14(13)19-12-20-15/h4,7,12H,5-6,8-11H2,1H3,(H,18,19,20). The quantitative estimate of drug-likeness (QED) is 0.852. The number of piperazine rings is 1. The number of carbonyl (C=O) groups excluding carboxylic acids is 1. The van der Waals surface area contributed by atoms with Gasteiger partial charge in [0.15, 0.2) is 6.61 Å². The number of hydrogen-bond donors (Lipinski definition) is 1. The summed E-state index contributed by atoms with van der Waals surface area (Å²) in [5, 5.41) is 1.02. The van der Waals surface area contributed by atoms with E-state index in [1.54, 1.807) is 13.3 Å². The van der Waals surface area contributed by atoms with E-state index in [0.717, 1.165) is 42.8 Å². The van der Waals surface area contributed by atoms with Gasteiger partial charge in [0.05, 0.1) is 10.9 Å². The highest BCUT2D eigenvalue weighted by Crippen LogP contribution is 2.45. The lowest BCUT2D eigenvalue weighted by atomic mass is 10.1. The molecule has 1 spiro atoms. The van der Waals surface area contributed by atoms with Crippen LogP contribution in [-0.2, 0) is 4.74 Å². The predicted octanol–water partition coefficient (Wildman–Crippen LogP) is 1.77. The fourth-order valence-corrected chi connectivity index (χ4v) is 3.37. The van der Waals surface area contributed by atoms with Gasteiger partial charge in [-0.05, 0) is 25.8 Å². The van der Waals surface area contributed by atoms with E-state index < -0.39 is 0 Å². The Morgan fingerprint density at radius 3 is 3.08 bits per heavy atom. The molecule has 1 N–H and O–H groups in total. The molecule has 1 saturated heterocycles. The molecule has 1 saturated carbocycles. The van der Waals surface area contributed by atoms with Crippen LogP contribution in [-0.4, -0.2) is 57.7 Å². The first kappa shape index (κ1) is 14.8. The maximum Gasteiger partial charge on any atom is 0.411 e. The van der Waals surface area contributed by atoms with Crippen LogP contribution in [0.3, 0.4) is 0 Å². The van der Waals surface area contributed by atoms with Crippen LogP contribution in [0.1, 0.15) is 19.8 Å². The summed E-state index contributed by atoms with van der Waals surface area (Å²) in [6.07, 6.45) is 5.19. The van der Waals surface area contributed by atoms with Crippen LogP contribution >= 0.6 is 0 Å². The maximum atomic E-state index is 12.3. The summed E-state index contributed by atoms with van der Waals surface area (Å²) < 4.78 is 5.26. The summed E-state index contributed by atoms with van der Waals surface area (Å²) in [5.41, 5.74) is 0.715. The molecular formula is C17H19N5O2. The Kier molecular flexibility index (Phi) is 3.53. The molecule has 1 aliphatic heterocycles. The van der Waals surface area contributed by atoms with E-state index in [-0.39, 0.29) is 18.2 Å². The minimum Gasteiger partial charge on any atom is -0.436 e. The van der Waals surface area contributed by atoms with Crippen molar-refractivity contribution in [1.82, 2.24) is 19.9 Å². The SMILES string of the molecule is CC#CCOC(=O)N1CCN(c2ncnc3[nH]ccc23)CC12CC2. The topological polar surface area (TPSA) is 74.3 Å². The molecule has 0 unspecified atom stereocenters. The second-order valence-corrected chi connectivity index (χ2v) is 6.22. The highest BCUT2D eigenvalue weighted by Gasteiger charge is 2.54. The molecule has 2 fully saturated rings. The van der Waals surface area contributed by atoms with Crippen molar-refractivity contribution in [1.29, 1.82) is 0 Å². The third kappa shape index (κ3) is 2.44. The number of carbonyl (C=O) groups is 1. The number of amides is 1. The van der Waals surface area contributed by atoms with Crippen molar-refractivity contribution in [3.8, 4) is 11.8 Å². The van der Waals surface area contributed by atoms with Gasteiger partial charge in [-0.25, -0.2) is 14.8 Å². The van der Waals surface area contributed by atoms with E-state index in [1.165, 1.54) is 0 Å². The van der Waals surface area contributed by atoms with Gasteiger partial charge in [0, 0.05) is 25.8 Å². The molecule has 2 aliphatic rings. The van der Waals surface area contributed by atoms with Gasteiger partial charge in [0.2, 0.25) is 0 Å². The van der Waals surface area contributed by atoms with Crippen LogP contribution in [0.4, 0.5) is 10.6 Å². The molecule has 4 rings (SSSR count). The molecule has 0 atom stereocenters. The number of ether oxygens (including phenoxy) is 1. The summed E-state index contributed by atoms with van der Waals surface area (Å²) in [7, 11) is 0. The first-order valence-corrected chi connectivity index (χ1v) is 8.10. The van der Waals surface area contributed by atoms with E-state index >= 15 is 0 Å². The lowest BCUT2D eigenvalue weighted by Gasteiger charge is -2.41. The van der Waals surface area contributed by atoms with Crippen LogP contribution in [0, 0.1) is 11.8 Å². The van der Waals surface area contributed by atoms with Crippen LogP contribution in [0.2, 0.25) is 0 Å². The zero-order chi connectivity index (χ0) is 16.6. The van der Waals surface area contributed by atoms with Crippen LogP contribution < -0.4 is 4.90 Å². The van der Waals surface area contributed by atoms with Crippen molar-refractivity contribution < 1.29 is 9.53 Å². The van der Waals surface area contributed by atoms with Gasteiger partial charge in [0.1, 0.15) is 17.8 Å². The van der Waals surface area contributed by atoms with Crippen molar-refractivity contribution in [3.63, 3.8) is 0 Å². The van der Waals surface area contributed by atoms with Gasteiger partial charge in [-0.3, -0.25) is 4.90 Å². The van der Waals surface area contributed by atoms with Gasteiger partial charge in [-0.15, -0.1) is 5.92 Å². The lowest BCUT2D eigenvalue weighted by molar-refractivity contribution is 0.0845. The van der Waals surface area contributed by atoms with Gasteiger partial charge < -0.3 is 14.6 Å². The molecule has 24 heavy (non-hydrogen) atoms. The number of anilines is 1. The Morgan fingerprint density at radius 2 is 2.29 bits per heavy atom. The summed E-state index contributed by atoms with van der Waals surface area (Å²) in [4.78, 5) is 28.3. The summed E-state index contributed by atoms with van der Waals surface area (Å²) in [5.74, 6) is 6.43. The molecule has 0 bridgehead atoms. The second-order valence-electron chi connectivity index (χ2n) is 6.22. The minimum atomic E-state index is -0.260. The molecule has 0 aromatic carbocycles. The monoisotopic (exact) mass is 325 g/mol. The molecule has 7 nitrogen and oxygen atoms in total. The van der Waals surface area contributed by atoms with Crippen molar-refractivity contribution in [2.24, 2.45) is 0 Å². The molecule has 3 heterocycles. The average Bonchev–Trinajstić information content (AvgIpc) is 3.18. The van der Waals surface area contributed by atoms with E-state index in [1.807, 2.05) is 17.2 Å². The van der Waals surface area contributed by atoms with Crippen LogP contribution in [0.5, 0.6) is 0 Å². The fraction of sp³-hybridized carbons (Fsp3) is 0.471. The summed E-state index contributed by atoms with van der Waals surface area (Å²) >= 11 is 0. The summed E-state index contributed by atoms with van der Waals surface area (Å²) in [6, 6.07) is 1.99. The van der Waals surface area contributed by atoms with Crippen molar-refractivity contribution in [3.05, 3.63) is 18.6 Å². The largest absolute Gasteiger partial charge is 0.436 e. The smallest absolute Gasteiger partial charge is 0.411 e. The van der Waals surface area contributed by atoms with Crippen molar-refractivity contribution >= 4 is 22.9 Å². The Balaban J connectivity index is 1.52. The summed E-state index contributed by atoms with van der Waals surface area (Å²) in [6.45, 7) is 4.03. The first-order valence-electron chi connectivity index (χ1n) is 8.10. The van der Waals surface area contributed by atoms with Gasteiger partial charge in [-0.1, -0.05) is 5.92 Å². The van der Waals surface area contributed by atoms with E-state index in [0.29, 0.717) is 6.54 Å². The number of aromatic amines is 1. The molecule has 2 aromatic heterocycles. The Hall–Kier alpha value is -2.75. The van der Waals surface area contributed by atoms with E-state index in [2.05, 4.69) is 31.7 Å². The van der Waals surface area contributed by atoms with Gasteiger partial charge in [0.25, 0.3) is 0 Å². The average molecular weight is 325 g/mol. The molecular weight excluding hydrogens is 306 g/mol. The van der Waals surface area contributed by atoms with Crippen LogP contribution in [0.15, 0.2) is 18.6 Å². The zero-order valence-corrected chi connectivity index (χ0v) is 13.6. The van der Waals surface area contributed by atoms with E-state index in [4.69, 9.17) is 4.74 Å². The molecule has 1 aliphatic carbocycles. The maximum absolute atomic E-state index is 12.3. The Labute approximate surface area is 140 Å². The van der Waals surface area contributed by atoms with Gasteiger partial charge >= 0.3 is 6.09 Å². The molecule has 7 heteroatoms. The first-order chi connectivity index (χ1) is 11.7. The Bertz CT molecular complexity index is 830. The number of rotatable bonds is 2. The number of aromatic nitrogens is 3. The highest BCUT2D eigenvalue weighted by atomic mass is 16.6. The zero-order valence-electron chi connectivity index (χ0n) is 13.6. The third-order valence-corrected chi connectivity index (χ3v) is 4.78. The molecule has 1 amide bonds. The number of nitrogens with zero attached hydrogens (tertiary/aromatic N) is 4. The number of nitrogens with one attached hydrogen (secondary N) is 1. The predicted molar refractivity (Wildman–Crippen MR) is 89.6 cm³/mol. The normalized spacial score (nSPS) is 18.4. The van der Waals surface area contributed by atoms with E-state index in [9.17, 15) is 4.79 Å². The minimum absolute atomic E-state index is 0.122.